The number of H-pyrrole nitrogens is 1. The Morgan fingerprint density at radius 1 is 1.14 bits per heavy atom. The molecule has 0 aliphatic heterocycles. The average Bonchev–Trinajstić information content (AvgIpc) is 2.82. The van der Waals surface area contributed by atoms with Gasteiger partial charge in [-0.05, 0) is 24.6 Å². The van der Waals surface area contributed by atoms with E-state index in [1.54, 1.807) is 13.0 Å². The largest absolute Gasteiger partial charge is 0.410 e. The molecule has 0 unspecified atom stereocenters. The first-order chi connectivity index (χ1) is 9.77. The topological polar surface area (TPSA) is 58.9 Å². The molecule has 1 aromatic carbocycles. The van der Waals surface area contributed by atoms with Gasteiger partial charge in [0, 0.05) is 16.3 Å². The highest BCUT2D eigenvalue weighted by atomic mass is 19.4. The van der Waals surface area contributed by atoms with Gasteiger partial charge in [0.05, 0.1) is 0 Å². The summed E-state index contributed by atoms with van der Waals surface area (Å²) in [5.74, 6) is 0. The van der Waals surface area contributed by atoms with E-state index in [9.17, 15) is 23.3 Å². The van der Waals surface area contributed by atoms with Gasteiger partial charge in [0.25, 0.3) is 0 Å². The molecule has 1 aromatic heterocycles. The molecule has 1 atom stereocenters. The smallest absolute Gasteiger partial charge is 0.361 e. The molecule has 2 aromatic rings. The maximum absolute atomic E-state index is 13.8. The molecule has 1 N–H and O–H groups in total. The molecule has 0 fully saturated rings. The number of benzene rings is 1. The van der Waals surface area contributed by atoms with Crippen LogP contribution in [0.2, 0.25) is 0 Å². The summed E-state index contributed by atoms with van der Waals surface area (Å²) in [6.45, 7) is 0.336. The SMILES string of the molecule is Cc1ccc([C@](C[N+](=O)[O-])(c2ccccc2)C(F)(F)F)[nH]1. The molecule has 4 nitrogen and oxygen atoms in total. The van der Waals surface area contributed by atoms with Crippen molar-refractivity contribution in [2.45, 2.75) is 18.5 Å². The minimum absolute atomic E-state index is 0.156. The Hall–Kier alpha value is -2.31. The van der Waals surface area contributed by atoms with Crippen LogP contribution in [0.15, 0.2) is 42.5 Å². The number of nitrogens with one attached hydrogen (secondary N) is 1. The van der Waals surface area contributed by atoms with E-state index in [0.717, 1.165) is 0 Å². The highest BCUT2D eigenvalue weighted by Gasteiger charge is 2.61. The number of aromatic nitrogens is 1. The Bertz CT molecular complexity index is 637. The van der Waals surface area contributed by atoms with Crippen LogP contribution in [0.3, 0.4) is 0 Å². The second kappa shape index (κ2) is 5.23. The third kappa shape index (κ3) is 2.63. The molecule has 2 rings (SSSR count). The summed E-state index contributed by atoms with van der Waals surface area (Å²) in [7, 11) is 0. The van der Waals surface area contributed by atoms with Crippen LogP contribution in [0.1, 0.15) is 17.0 Å². The zero-order valence-corrected chi connectivity index (χ0v) is 11.1. The van der Waals surface area contributed by atoms with Crippen molar-refractivity contribution in [1.82, 2.24) is 4.98 Å². The van der Waals surface area contributed by atoms with Crippen LogP contribution in [0.5, 0.6) is 0 Å². The minimum atomic E-state index is -4.81. The summed E-state index contributed by atoms with van der Waals surface area (Å²) in [6, 6.07) is 9.67. The fourth-order valence-electron chi connectivity index (χ4n) is 2.41. The number of hydrogen-bond acceptors (Lipinski definition) is 2. The van der Waals surface area contributed by atoms with E-state index in [-0.39, 0.29) is 11.3 Å². The summed E-state index contributed by atoms with van der Waals surface area (Å²) < 4.78 is 41.4. The summed E-state index contributed by atoms with van der Waals surface area (Å²) >= 11 is 0. The van der Waals surface area contributed by atoms with Crippen molar-refractivity contribution in [3.8, 4) is 0 Å². The number of halogens is 3. The molecule has 0 aliphatic carbocycles. The number of alkyl halides is 3. The van der Waals surface area contributed by atoms with Crippen LogP contribution >= 0.6 is 0 Å². The molecule has 112 valence electrons. The van der Waals surface area contributed by atoms with Gasteiger partial charge in [-0.1, -0.05) is 30.3 Å². The van der Waals surface area contributed by atoms with Gasteiger partial charge >= 0.3 is 6.18 Å². The van der Waals surface area contributed by atoms with Crippen molar-refractivity contribution >= 4 is 0 Å². The van der Waals surface area contributed by atoms with Crippen molar-refractivity contribution in [3.05, 3.63) is 69.5 Å². The Balaban J connectivity index is 2.74. The second-order valence-electron chi connectivity index (χ2n) is 4.81. The van der Waals surface area contributed by atoms with Gasteiger partial charge in [0.15, 0.2) is 5.41 Å². The van der Waals surface area contributed by atoms with E-state index < -0.39 is 23.1 Å². The van der Waals surface area contributed by atoms with Gasteiger partial charge in [0.2, 0.25) is 6.54 Å². The van der Waals surface area contributed by atoms with Crippen molar-refractivity contribution in [3.63, 3.8) is 0 Å². The lowest BCUT2D eigenvalue weighted by atomic mass is 9.76. The molecule has 0 radical (unpaired) electrons. The van der Waals surface area contributed by atoms with Gasteiger partial charge in [-0.2, -0.15) is 13.2 Å². The summed E-state index contributed by atoms with van der Waals surface area (Å²) in [6.07, 6.45) is -4.81. The fraction of sp³-hybridized carbons (Fsp3) is 0.286. The zero-order valence-electron chi connectivity index (χ0n) is 11.1. The van der Waals surface area contributed by atoms with Gasteiger partial charge < -0.3 is 4.98 Å². The Kier molecular flexibility index (Phi) is 3.76. The molecule has 7 heteroatoms. The molecule has 0 bridgehead atoms. The van der Waals surface area contributed by atoms with Gasteiger partial charge in [-0.25, -0.2) is 0 Å². The number of nitrogens with zero attached hydrogens (tertiary/aromatic N) is 1. The lowest BCUT2D eigenvalue weighted by molar-refractivity contribution is -0.498. The second-order valence-corrected chi connectivity index (χ2v) is 4.81. The lowest BCUT2D eigenvalue weighted by Gasteiger charge is -2.32. The predicted molar refractivity (Wildman–Crippen MR) is 70.7 cm³/mol. The van der Waals surface area contributed by atoms with Crippen LogP contribution in [0.25, 0.3) is 0 Å². The van der Waals surface area contributed by atoms with Gasteiger partial charge in [-0.3, -0.25) is 10.1 Å². The fourth-order valence-corrected chi connectivity index (χ4v) is 2.41. The maximum Gasteiger partial charge on any atom is 0.410 e. The zero-order chi connectivity index (χ0) is 15.7. The van der Waals surface area contributed by atoms with Crippen molar-refractivity contribution < 1.29 is 18.1 Å². The van der Waals surface area contributed by atoms with E-state index >= 15 is 0 Å². The Morgan fingerprint density at radius 2 is 1.76 bits per heavy atom. The molecule has 0 aliphatic rings. The van der Waals surface area contributed by atoms with Crippen molar-refractivity contribution in [2.24, 2.45) is 0 Å². The van der Waals surface area contributed by atoms with Crippen molar-refractivity contribution in [2.75, 3.05) is 6.54 Å². The molecule has 0 saturated heterocycles. The van der Waals surface area contributed by atoms with E-state index in [1.165, 1.54) is 36.4 Å². The van der Waals surface area contributed by atoms with Crippen molar-refractivity contribution in [1.29, 1.82) is 0 Å². The third-order valence-corrected chi connectivity index (χ3v) is 3.41. The molecule has 0 spiro atoms. The summed E-state index contributed by atoms with van der Waals surface area (Å²) in [5, 5.41) is 10.9. The van der Waals surface area contributed by atoms with Crippen LogP contribution < -0.4 is 0 Å². The maximum atomic E-state index is 13.8. The highest BCUT2D eigenvalue weighted by molar-refractivity contribution is 5.39. The standard InChI is InChI=1S/C14H13F3N2O2/c1-10-7-8-12(18-10)13(9-19(20)21,14(15,16)17)11-5-3-2-4-6-11/h2-8,18H,9H2,1H3/t13-/m0/s1. The van der Waals surface area contributed by atoms with E-state index in [1.807, 2.05) is 0 Å². The number of aromatic amines is 1. The molecule has 0 amide bonds. The number of rotatable bonds is 4. The number of aryl methyl sites for hydroxylation is 1. The summed E-state index contributed by atoms with van der Waals surface area (Å²) in [4.78, 5) is 12.6. The lowest BCUT2D eigenvalue weighted by Crippen LogP contribution is -2.49. The average molecular weight is 298 g/mol. The first kappa shape index (κ1) is 15.1. The van der Waals surface area contributed by atoms with Crippen LogP contribution in [-0.2, 0) is 5.41 Å². The summed E-state index contributed by atoms with van der Waals surface area (Å²) in [5.41, 5.74) is -2.56. The molecular weight excluding hydrogens is 285 g/mol. The first-order valence-corrected chi connectivity index (χ1v) is 6.17. The Morgan fingerprint density at radius 3 is 2.19 bits per heavy atom. The minimum Gasteiger partial charge on any atom is -0.361 e. The van der Waals surface area contributed by atoms with E-state index in [4.69, 9.17) is 0 Å². The molecule has 0 saturated carbocycles. The number of hydrogen-bond donors (Lipinski definition) is 1. The molecule has 1 heterocycles. The van der Waals surface area contributed by atoms with E-state index in [2.05, 4.69) is 4.98 Å². The van der Waals surface area contributed by atoms with Crippen LogP contribution in [0.4, 0.5) is 13.2 Å². The number of nitro groups is 1. The van der Waals surface area contributed by atoms with Crippen LogP contribution in [-0.4, -0.2) is 22.6 Å². The third-order valence-electron chi connectivity index (χ3n) is 3.41. The molecule has 21 heavy (non-hydrogen) atoms. The van der Waals surface area contributed by atoms with Gasteiger partial charge in [0.1, 0.15) is 0 Å². The monoisotopic (exact) mass is 298 g/mol. The van der Waals surface area contributed by atoms with E-state index in [0.29, 0.717) is 5.69 Å². The van der Waals surface area contributed by atoms with Crippen LogP contribution in [0, 0.1) is 17.0 Å². The predicted octanol–water partition coefficient (Wildman–Crippen LogP) is 3.45. The first-order valence-electron chi connectivity index (χ1n) is 6.17. The van der Waals surface area contributed by atoms with Gasteiger partial charge in [-0.15, -0.1) is 0 Å². The Labute approximate surface area is 118 Å². The normalized spacial score (nSPS) is 14.7. The molecular formula is C14H13F3N2O2. The highest BCUT2D eigenvalue weighted by Crippen LogP contribution is 2.46. The quantitative estimate of drug-likeness (QED) is 0.694.